The van der Waals surface area contributed by atoms with E-state index in [1.807, 2.05) is 6.07 Å². The van der Waals surface area contributed by atoms with E-state index >= 15 is 0 Å². The van der Waals surface area contributed by atoms with Crippen molar-refractivity contribution in [3.8, 4) is 0 Å². The van der Waals surface area contributed by atoms with Gasteiger partial charge in [-0.05, 0) is 24.7 Å². The minimum Gasteiger partial charge on any atom is -0.362 e. The first-order valence-corrected chi connectivity index (χ1v) is 5.27. The molecule has 1 heterocycles. The molecule has 1 aromatic carbocycles. The monoisotopic (exact) mass is 206 g/mol. The number of hydrogen-bond acceptors (Lipinski definition) is 1. The first kappa shape index (κ1) is 9.46. The summed E-state index contributed by atoms with van der Waals surface area (Å²) in [6.07, 6.45) is 0. The van der Waals surface area contributed by atoms with Crippen LogP contribution < -0.4 is 10.6 Å². The number of hydrogen-bond donors (Lipinski definition) is 2. The van der Waals surface area contributed by atoms with Gasteiger partial charge in [-0.15, -0.1) is 0 Å². The van der Waals surface area contributed by atoms with E-state index in [4.69, 9.17) is 12.2 Å². The molecule has 0 radical (unpaired) electrons. The molecule has 1 aromatic rings. The fourth-order valence-electron chi connectivity index (χ4n) is 1.84. The lowest BCUT2D eigenvalue weighted by Gasteiger charge is -2.32. The first-order valence-electron chi connectivity index (χ1n) is 4.86. The minimum atomic E-state index is 0.408. The van der Waals surface area contributed by atoms with Gasteiger partial charge in [0.1, 0.15) is 0 Å². The summed E-state index contributed by atoms with van der Waals surface area (Å²) in [4.78, 5) is 0. The van der Waals surface area contributed by atoms with Gasteiger partial charge in [-0.3, -0.25) is 0 Å². The van der Waals surface area contributed by atoms with E-state index in [0.717, 1.165) is 11.7 Å². The second-order valence-corrected chi connectivity index (χ2v) is 4.07. The van der Waals surface area contributed by atoms with Gasteiger partial charge in [-0.1, -0.05) is 30.3 Å². The van der Waals surface area contributed by atoms with Crippen LogP contribution in [0.15, 0.2) is 30.3 Å². The van der Waals surface area contributed by atoms with Gasteiger partial charge in [0.15, 0.2) is 5.11 Å². The molecule has 1 aliphatic heterocycles. The van der Waals surface area contributed by atoms with E-state index < -0.39 is 0 Å². The summed E-state index contributed by atoms with van der Waals surface area (Å²) in [7, 11) is 0. The Morgan fingerprint density at radius 2 is 2.00 bits per heavy atom. The Morgan fingerprint density at radius 3 is 2.64 bits per heavy atom. The first-order chi connectivity index (χ1) is 6.77. The lowest BCUT2D eigenvalue weighted by Crippen LogP contribution is -2.52. The normalized spacial score (nSPS) is 26.5. The Bertz CT molecular complexity index is 323. The fourth-order valence-corrected chi connectivity index (χ4v) is 2.11. The molecular weight excluding hydrogens is 192 g/mol. The summed E-state index contributed by atoms with van der Waals surface area (Å²) >= 11 is 5.06. The third-order valence-corrected chi connectivity index (χ3v) is 2.93. The van der Waals surface area contributed by atoms with Crippen LogP contribution in [0, 0.1) is 0 Å². The van der Waals surface area contributed by atoms with Crippen molar-refractivity contribution in [3.63, 3.8) is 0 Å². The largest absolute Gasteiger partial charge is 0.362 e. The van der Waals surface area contributed by atoms with Gasteiger partial charge < -0.3 is 10.6 Å². The number of benzene rings is 1. The Morgan fingerprint density at radius 1 is 1.29 bits per heavy atom. The molecule has 2 nitrogen and oxygen atoms in total. The molecule has 0 unspecified atom stereocenters. The smallest absolute Gasteiger partial charge is 0.166 e. The van der Waals surface area contributed by atoms with E-state index in [9.17, 15) is 0 Å². The maximum absolute atomic E-state index is 5.06. The summed E-state index contributed by atoms with van der Waals surface area (Å²) in [5.41, 5.74) is 1.36. The minimum absolute atomic E-state index is 0.408. The van der Waals surface area contributed by atoms with E-state index in [1.165, 1.54) is 5.56 Å². The molecule has 3 heteroatoms. The average molecular weight is 206 g/mol. The Labute approximate surface area is 89.7 Å². The zero-order valence-corrected chi connectivity index (χ0v) is 8.97. The molecule has 74 valence electrons. The second-order valence-electron chi connectivity index (χ2n) is 3.66. The third kappa shape index (κ3) is 1.87. The maximum Gasteiger partial charge on any atom is 0.166 e. The SMILES string of the molecule is C[C@@H]1NC(=S)NC[C@@H]1c1ccccc1. The molecule has 14 heavy (non-hydrogen) atoms. The second kappa shape index (κ2) is 3.96. The summed E-state index contributed by atoms with van der Waals surface area (Å²) in [6.45, 7) is 3.10. The van der Waals surface area contributed by atoms with Crippen molar-refractivity contribution in [1.29, 1.82) is 0 Å². The average Bonchev–Trinajstić information content (AvgIpc) is 2.19. The highest BCUT2D eigenvalue weighted by Crippen LogP contribution is 2.20. The van der Waals surface area contributed by atoms with Crippen LogP contribution in [0.4, 0.5) is 0 Å². The van der Waals surface area contributed by atoms with Crippen molar-refractivity contribution in [2.24, 2.45) is 0 Å². The molecule has 0 bridgehead atoms. The van der Waals surface area contributed by atoms with Crippen LogP contribution in [0.25, 0.3) is 0 Å². The number of nitrogens with one attached hydrogen (secondary N) is 2. The topological polar surface area (TPSA) is 24.1 Å². The summed E-state index contributed by atoms with van der Waals surface area (Å²) in [5, 5.41) is 7.20. The van der Waals surface area contributed by atoms with E-state index in [1.54, 1.807) is 0 Å². The Kier molecular flexibility index (Phi) is 2.68. The predicted octanol–water partition coefficient (Wildman–Crippen LogP) is 1.64. The molecule has 2 rings (SSSR count). The highest BCUT2D eigenvalue weighted by atomic mass is 32.1. The lowest BCUT2D eigenvalue weighted by molar-refractivity contribution is 0.478. The van der Waals surface area contributed by atoms with E-state index in [0.29, 0.717) is 12.0 Å². The summed E-state index contributed by atoms with van der Waals surface area (Å²) < 4.78 is 0. The van der Waals surface area contributed by atoms with E-state index in [-0.39, 0.29) is 0 Å². The molecule has 0 spiro atoms. The highest BCUT2D eigenvalue weighted by Gasteiger charge is 2.23. The molecule has 0 amide bonds. The van der Waals surface area contributed by atoms with Gasteiger partial charge in [0.25, 0.3) is 0 Å². The Hall–Kier alpha value is -1.09. The Balaban J connectivity index is 2.16. The van der Waals surface area contributed by atoms with Crippen molar-refractivity contribution >= 4 is 17.3 Å². The van der Waals surface area contributed by atoms with Crippen LogP contribution >= 0.6 is 12.2 Å². The summed E-state index contributed by atoms with van der Waals surface area (Å²) in [5.74, 6) is 0.503. The molecule has 2 atom stereocenters. The molecule has 1 saturated heterocycles. The molecular formula is C11H14N2S. The van der Waals surface area contributed by atoms with Gasteiger partial charge in [-0.2, -0.15) is 0 Å². The van der Waals surface area contributed by atoms with Crippen LogP contribution in [0.2, 0.25) is 0 Å². The van der Waals surface area contributed by atoms with Crippen molar-refractivity contribution in [1.82, 2.24) is 10.6 Å². The van der Waals surface area contributed by atoms with Crippen molar-refractivity contribution in [2.75, 3.05) is 6.54 Å². The maximum atomic E-state index is 5.06. The molecule has 1 fully saturated rings. The van der Waals surface area contributed by atoms with E-state index in [2.05, 4.69) is 41.8 Å². The van der Waals surface area contributed by atoms with Crippen molar-refractivity contribution in [3.05, 3.63) is 35.9 Å². The van der Waals surface area contributed by atoms with Gasteiger partial charge in [-0.25, -0.2) is 0 Å². The number of thiocarbonyl (C=S) groups is 1. The standard InChI is InChI=1S/C11H14N2S/c1-8-10(7-12-11(14)13-8)9-5-3-2-4-6-9/h2-6,8,10H,7H2,1H3,(H2,12,13,14)/t8-,10-/m0/s1. The zero-order valence-electron chi connectivity index (χ0n) is 8.16. The van der Waals surface area contributed by atoms with Gasteiger partial charge in [0.05, 0.1) is 0 Å². The molecule has 0 aromatic heterocycles. The fraction of sp³-hybridized carbons (Fsp3) is 0.364. The van der Waals surface area contributed by atoms with Gasteiger partial charge in [0, 0.05) is 18.5 Å². The number of rotatable bonds is 1. The van der Waals surface area contributed by atoms with Crippen LogP contribution in [0.5, 0.6) is 0 Å². The lowest BCUT2D eigenvalue weighted by atomic mass is 9.91. The quantitative estimate of drug-likeness (QED) is 0.683. The molecule has 2 N–H and O–H groups in total. The van der Waals surface area contributed by atoms with Crippen molar-refractivity contribution < 1.29 is 0 Å². The molecule has 1 aliphatic rings. The molecule has 0 aliphatic carbocycles. The van der Waals surface area contributed by atoms with Gasteiger partial charge >= 0.3 is 0 Å². The predicted molar refractivity (Wildman–Crippen MR) is 62.4 cm³/mol. The third-order valence-electron chi connectivity index (χ3n) is 2.67. The van der Waals surface area contributed by atoms with Crippen LogP contribution in [-0.2, 0) is 0 Å². The van der Waals surface area contributed by atoms with Crippen LogP contribution in [0.3, 0.4) is 0 Å². The van der Waals surface area contributed by atoms with Gasteiger partial charge in [0.2, 0.25) is 0 Å². The van der Waals surface area contributed by atoms with Crippen molar-refractivity contribution in [2.45, 2.75) is 18.9 Å². The highest BCUT2D eigenvalue weighted by molar-refractivity contribution is 7.80. The summed E-state index contributed by atoms with van der Waals surface area (Å²) in [6, 6.07) is 10.9. The molecule has 0 saturated carbocycles. The van der Waals surface area contributed by atoms with Crippen LogP contribution in [-0.4, -0.2) is 17.7 Å². The zero-order chi connectivity index (χ0) is 9.97. The van der Waals surface area contributed by atoms with Crippen LogP contribution in [0.1, 0.15) is 18.4 Å².